The first-order valence-electron chi connectivity index (χ1n) is 7.85. The molecule has 0 aromatic heterocycles. The first kappa shape index (κ1) is 19.6. The zero-order valence-corrected chi connectivity index (χ0v) is 15.1. The van der Waals surface area contributed by atoms with E-state index in [2.05, 4.69) is 45.9 Å². The average Bonchev–Trinajstić information content (AvgIpc) is 2.48. The summed E-state index contributed by atoms with van der Waals surface area (Å²) in [7, 11) is 0. The van der Waals surface area contributed by atoms with Gasteiger partial charge in [-0.15, -0.1) is 0 Å². The Morgan fingerprint density at radius 1 is 0.913 bits per heavy atom. The largest absolute Gasteiger partial charge is 1.00 e. The topological polar surface area (TPSA) is 35.4 Å². The van der Waals surface area contributed by atoms with Crippen LogP contribution in [0.4, 0.5) is 5.69 Å². The fourth-order valence-corrected chi connectivity index (χ4v) is 2.57. The van der Waals surface area contributed by atoms with Gasteiger partial charge in [-0.3, -0.25) is 4.99 Å². The zero-order valence-electron chi connectivity index (χ0n) is 15.1. The van der Waals surface area contributed by atoms with Crippen LogP contribution in [0.3, 0.4) is 0 Å². The van der Waals surface area contributed by atoms with E-state index in [0.717, 1.165) is 11.3 Å². The second-order valence-corrected chi connectivity index (χ2v) is 6.35. The van der Waals surface area contributed by atoms with Crippen molar-refractivity contribution < 1.29 is 24.0 Å². The van der Waals surface area contributed by atoms with Crippen LogP contribution in [-0.4, -0.2) is 6.21 Å². The molecule has 2 aromatic rings. The van der Waals surface area contributed by atoms with Crippen LogP contribution in [0.25, 0.3) is 0 Å². The molecule has 0 amide bonds. The molecule has 0 bridgehead atoms. The monoisotopic (exact) mass is 301 g/mol. The molecule has 0 atom stereocenters. The third kappa shape index (κ3) is 4.50. The van der Waals surface area contributed by atoms with Crippen LogP contribution in [-0.2, 0) is 0 Å². The Balaban J connectivity index is 0.00000264. The molecule has 0 radical (unpaired) electrons. The minimum absolute atomic E-state index is 0. The van der Waals surface area contributed by atoms with E-state index < -0.39 is 0 Å². The fourth-order valence-electron chi connectivity index (χ4n) is 2.57. The number of aliphatic imine (C=N–C) groups is 1. The number of aryl methyl sites for hydroxylation is 1. The summed E-state index contributed by atoms with van der Waals surface area (Å²) in [5.41, 5.74) is 4.86. The van der Waals surface area contributed by atoms with E-state index in [1.54, 1.807) is 6.21 Å². The first-order chi connectivity index (χ1) is 10.4. The Kier molecular flexibility index (Phi) is 7.13. The van der Waals surface area contributed by atoms with Crippen molar-refractivity contribution in [3.8, 4) is 5.75 Å². The molecule has 2 nitrogen and oxygen atoms in total. The quantitative estimate of drug-likeness (QED) is 0.629. The third-order valence-corrected chi connectivity index (χ3v) is 3.92. The van der Waals surface area contributed by atoms with Crippen molar-refractivity contribution in [1.29, 1.82) is 0 Å². The third-order valence-electron chi connectivity index (χ3n) is 3.92. The second-order valence-electron chi connectivity index (χ2n) is 6.35. The molecule has 3 heteroatoms. The van der Waals surface area contributed by atoms with Gasteiger partial charge in [0.1, 0.15) is 0 Å². The van der Waals surface area contributed by atoms with Gasteiger partial charge in [-0.25, -0.2) is 0 Å². The molecular formula is C20H24LiNO. The summed E-state index contributed by atoms with van der Waals surface area (Å²) in [4.78, 5) is 4.70. The number of benzene rings is 2. The number of para-hydroxylation sites is 2. The van der Waals surface area contributed by atoms with Gasteiger partial charge in [0.15, 0.2) is 0 Å². The number of rotatable bonds is 4. The van der Waals surface area contributed by atoms with Crippen LogP contribution >= 0.6 is 0 Å². The van der Waals surface area contributed by atoms with E-state index in [1.165, 1.54) is 11.1 Å². The Hall–Kier alpha value is -1.49. The van der Waals surface area contributed by atoms with Gasteiger partial charge in [-0.1, -0.05) is 75.4 Å². The fraction of sp³-hybridized carbons (Fsp3) is 0.350. The van der Waals surface area contributed by atoms with Crippen LogP contribution in [0, 0.1) is 6.92 Å². The number of hydrogen-bond acceptors (Lipinski definition) is 2. The predicted molar refractivity (Wildman–Crippen MR) is 92.5 cm³/mol. The van der Waals surface area contributed by atoms with Crippen molar-refractivity contribution >= 4 is 11.9 Å². The van der Waals surface area contributed by atoms with Gasteiger partial charge in [0.05, 0.1) is 5.69 Å². The molecule has 23 heavy (non-hydrogen) atoms. The van der Waals surface area contributed by atoms with Crippen molar-refractivity contribution in [1.82, 2.24) is 0 Å². The van der Waals surface area contributed by atoms with Gasteiger partial charge in [-0.2, -0.15) is 0 Å². The molecule has 0 aliphatic heterocycles. The van der Waals surface area contributed by atoms with E-state index >= 15 is 0 Å². The Bertz CT molecular complexity index is 664. The minimum atomic E-state index is 0. The molecule has 0 heterocycles. The SMILES string of the molecule is Cc1cccc(C=Nc2c(C(C)C)cccc2C(C)C)c1[O-].[Li+]. The van der Waals surface area contributed by atoms with E-state index in [-0.39, 0.29) is 24.6 Å². The molecule has 0 aliphatic rings. The van der Waals surface area contributed by atoms with E-state index in [4.69, 9.17) is 4.99 Å². The average molecular weight is 301 g/mol. The first-order valence-corrected chi connectivity index (χ1v) is 7.85. The molecule has 0 fully saturated rings. The minimum Gasteiger partial charge on any atom is -0.872 e. The molecule has 116 valence electrons. The van der Waals surface area contributed by atoms with Crippen LogP contribution in [0.15, 0.2) is 41.4 Å². The smallest absolute Gasteiger partial charge is 0.872 e. The molecule has 2 aromatic carbocycles. The second kappa shape index (κ2) is 8.38. The van der Waals surface area contributed by atoms with Crippen LogP contribution in [0.5, 0.6) is 5.75 Å². The van der Waals surface area contributed by atoms with Gasteiger partial charge < -0.3 is 5.11 Å². The molecule has 0 saturated carbocycles. The predicted octanol–water partition coefficient (Wildman–Crippen LogP) is 2.07. The zero-order chi connectivity index (χ0) is 16.3. The summed E-state index contributed by atoms with van der Waals surface area (Å²) in [5, 5.41) is 12.1. The van der Waals surface area contributed by atoms with Crippen molar-refractivity contribution in [3.05, 3.63) is 58.7 Å². The number of hydrogen-bond donors (Lipinski definition) is 0. The molecule has 0 aliphatic carbocycles. The molecule has 0 N–H and O–H groups in total. The van der Waals surface area contributed by atoms with Gasteiger partial charge in [-0.05, 0) is 35.4 Å². The summed E-state index contributed by atoms with van der Waals surface area (Å²) < 4.78 is 0. The summed E-state index contributed by atoms with van der Waals surface area (Å²) in [6.45, 7) is 10.5. The Labute approximate surface area is 151 Å². The maximum absolute atomic E-state index is 12.1. The van der Waals surface area contributed by atoms with Crippen LogP contribution in [0.1, 0.15) is 61.8 Å². The van der Waals surface area contributed by atoms with Crippen LogP contribution < -0.4 is 24.0 Å². The van der Waals surface area contributed by atoms with Crippen LogP contribution in [0.2, 0.25) is 0 Å². The molecule has 0 spiro atoms. The van der Waals surface area contributed by atoms with E-state index in [9.17, 15) is 5.11 Å². The molecular weight excluding hydrogens is 277 g/mol. The van der Waals surface area contributed by atoms with E-state index in [1.807, 2.05) is 25.1 Å². The maximum atomic E-state index is 12.1. The summed E-state index contributed by atoms with van der Waals surface area (Å²) in [6, 6.07) is 11.9. The van der Waals surface area contributed by atoms with Gasteiger partial charge in [0, 0.05) is 6.21 Å². The summed E-state index contributed by atoms with van der Waals surface area (Å²) in [6.07, 6.45) is 1.71. The summed E-state index contributed by atoms with van der Waals surface area (Å²) in [5.74, 6) is 0.851. The maximum Gasteiger partial charge on any atom is 1.00 e. The van der Waals surface area contributed by atoms with Crippen molar-refractivity contribution in [2.24, 2.45) is 4.99 Å². The van der Waals surface area contributed by atoms with Gasteiger partial charge >= 0.3 is 18.9 Å². The van der Waals surface area contributed by atoms with Crippen molar-refractivity contribution in [3.63, 3.8) is 0 Å². The molecule has 0 unspecified atom stereocenters. The molecule has 0 saturated heterocycles. The number of nitrogens with zero attached hydrogens (tertiary/aromatic N) is 1. The normalized spacial score (nSPS) is 11.3. The Morgan fingerprint density at radius 3 is 1.96 bits per heavy atom. The summed E-state index contributed by atoms with van der Waals surface area (Å²) >= 11 is 0. The van der Waals surface area contributed by atoms with Crippen molar-refractivity contribution in [2.75, 3.05) is 0 Å². The van der Waals surface area contributed by atoms with Gasteiger partial charge in [0.2, 0.25) is 0 Å². The van der Waals surface area contributed by atoms with E-state index in [0.29, 0.717) is 17.4 Å². The van der Waals surface area contributed by atoms with Gasteiger partial charge in [0.25, 0.3) is 0 Å². The standard InChI is InChI=1S/C20H25NO.Li/c1-13(2)17-10-7-11-18(14(3)4)19(17)21-12-16-9-6-8-15(5)20(16)22;/h6-14,22H,1-5H3;/q;+1/p-1. The Morgan fingerprint density at radius 2 is 1.43 bits per heavy atom. The van der Waals surface area contributed by atoms with Crippen molar-refractivity contribution in [2.45, 2.75) is 46.5 Å². The molecule has 2 rings (SSSR count).